The SMILES string of the molecule is Cc1ccc(/C=N/N(C(=O)c2ccc3ncsc3c2)c2nc3ccc(C)cc3s2)cc1. The molecule has 0 aliphatic heterocycles. The summed E-state index contributed by atoms with van der Waals surface area (Å²) >= 11 is 2.97. The molecule has 0 N–H and O–H groups in total. The Bertz CT molecular complexity index is 1430. The van der Waals surface area contributed by atoms with Gasteiger partial charge in [-0.2, -0.15) is 10.1 Å². The minimum atomic E-state index is -0.227. The van der Waals surface area contributed by atoms with Crippen LogP contribution in [0.1, 0.15) is 27.0 Å². The number of anilines is 1. The number of rotatable bonds is 4. The lowest BCUT2D eigenvalue weighted by Crippen LogP contribution is -2.25. The Kier molecular flexibility index (Phi) is 5.05. The van der Waals surface area contributed by atoms with E-state index in [0.717, 1.165) is 31.6 Å². The van der Waals surface area contributed by atoms with Crippen LogP contribution < -0.4 is 5.01 Å². The molecule has 0 aliphatic rings. The highest BCUT2D eigenvalue weighted by atomic mass is 32.1. The van der Waals surface area contributed by atoms with E-state index in [1.807, 2.05) is 62.4 Å². The van der Waals surface area contributed by atoms with Gasteiger partial charge in [0.1, 0.15) is 0 Å². The maximum Gasteiger partial charge on any atom is 0.280 e. The zero-order valence-corrected chi connectivity index (χ0v) is 18.6. The lowest BCUT2D eigenvalue weighted by molar-refractivity contribution is 0.0988. The Morgan fingerprint density at radius 1 is 0.935 bits per heavy atom. The minimum absolute atomic E-state index is 0.227. The molecule has 5 rings (SSSR count). The number of aromatic nitrogens is 2. The van der Waals surface area contributed by atoms with Gasteiger partial charge in [0.15, 0.2) is 0 Å². The van der Waals surface area contributed by atoms with Crippen LogP contribution in [0, 0.1) is 13.8 Å². The highest BCUT2D eigenvalue weighted by Gasteiger charge is 2.21. The Balaban J connectivity index is 1.57. The molecule has 0 saturated carbocycles. The van der Waals surface area contributed by atoms with E-state index in [4.69, 9.17) is 0 Å². The molecule has 7 heteroatoms. The Labute approximate surface area is 187 Å². The molecule has 0 radical (unpaired) electrons. The fourth-order valence-electron chi connectivity index (χ4n) is 3.19. The molecule has 0 spiro atoms. The Hall–Kier alpha value is -3.42. The van der Waals surface area contributed by atoms with Crippen LogP contribution >= 0.6 is 22.7 Å². The summed E-state index contributed by atoms with van der Waals surface area (Å²) in [7, 11) is 0. The van der Waals surface area contributed by atoms with Crippen LogP contribution in [0.5, 0.6) is 0 Å². The molecule has 0 atom stereocenters. The Morgan fingerprint density at radius 2 is 1.71 bits per heavy atom. The van der Waals surface area contributed by atoms with Gasteiger partial charge in [-0.05, 0) is 55.3 Å². The second-order valence-corrected chi connectivity index (χ2v) is 9.17. The lowest BCUT2D eigenvalue weighted by Gasteiger charge is -2.14. The number of carbonyl (C=O) groups is 1. The smallest absolute Gasteiger partial charge is 0.267 e. The predicted molar refractivity (Wildman–Crippen MR) is 130 cm³/mol. The summed E-state index contributed by atoms with van der Waals surface area (Å²) in [6.07, 6.45) is 1.69. The van der Waals surface area contributed by atoms with Crippen molar-refractivity contribution in [2.24, 2.45) is 5.10 Å². The largest absolute Gasteiger partial charge is 0.280 e. The van der Waals surface area contributed by atoms with Crippen LogP contribution in [0.15, 0.2) is 71.3 Å². The molecule has 5 nitrogen and oxygen atoms in total. The molecule has 3 aromatic carbocycles. The maximum atomic E-state index is 13.5. The van der Waals surface area contributed by atoms with Gasteiger partial charge < -0.3 is 0 Å². The van der Waals surface area contributed by atoms with Gasteiger partial charge in [-0.25, -0.2) is 9.97 Å². The monoisotopic (exact) mass is 442 g/mol. The van der Waals surface area contributed by atoms with E-state index in [1.165, 1.54) is 33.2 Å². The first-order valence-corrected chi connectivity index (χ1v) is 11.4. The lowest BCUT2D eigenvalue weighted by atomic mass is 10.2. The topological polar surface area (TPSA) is 58.5 Å². The zero-order chi connectivity index (χ0) is 21.4. The second kappa shape index (κ2) is 8.02. The average molecular weight is 443 g/mol. The van der Waals surface area contributed by atoms with Gasteiger partial charge in [-0.1, -0.05) is 47.2 Å². The molecular formula is C24H18N4OS2. The van der Waals surface area contributed by atoms with Crippen LogP contribution in [-0.4, -0.2) is 22.1 Å². The molecule has 0 saturated heterocycles. The highest BCUT2D eigenvalue weighted by molar-refractivity contribution is 7.22. The number of thiazole rings is 2. The first kappa shape index (κ1) is 19.5. The van der Waals surface area contributed by atoms with Gasteiger partial charge in [0, 0.05) is 5.56 Å². The molecule has 0 unspecified atom stereocenters. The molecule has 0 fully saturated rings. The van der Waals surface area contributed by atoms with Gasteiger partial charge in [0.2, 0.25) is 5.13 Å². The van der Waals surface area contributed by atoms with Crippen LogP contribution in [0.4, 0.5) is 5.13 Å². The molecular weight excluding hydrogens is 424 g/mol. The predicted octanol–water partition coefficient (Wildman–Crippen LogP) is 6.20. The minimum Gasteiger partial charge on any atom is -0.267 e. The number of hydrazone groups is 1. The van der Waals surface area contributed by atoms with E-state index in [2.05, 4.69) is 21.1 Å². The van der Waals surface area contributed by atoms with E-state index in [9.17, 15) is 4.79 Å². The third-order valence-corrected chi connectivity index (χ3v) is 6.67. The number of benzene rings is 3. The van der Waals surface area contributed by atoms with Crippen molar-refractivity contribution < 1.29 is 4.79 Å². The van der Waals surface area contributed by atoms with Crippen LogP contribution in [-0.2, 0) is 0 Å². The van der Waals surface area contributed by atoms with Gasteiger partial charge in [-0.3, -0.25) is 4.79 Å². The summed E-state index contributed by atoms with van der Waals surface area (Å²) in [5.41, 5.74) is 7.30. The van der Waals surface area contributed by atoms with E-state index in [1.54, 1.807) is 17.8 Å². The van der Waals surface area contributed by atoms with E-state index < -0.39 is 0 Å². The van der Waals surface area contributed by atoms with Crippen molar-refractivity contribution >= 4 is 60.4 Å². The average Bonchev–Trinajstić information content (AvgIpc) is 3.40. The number of nitrogens with zero attached hydrogens (tertiary/aromatic N) is 4. The van der Waals surface area contributed by atoms with E-state index in [0.29, 0.717) is 10.7 Å². The maximum absolute atomic E-state index is 13.5. The van der Waals surface area contributed by atoms with Crippen molar-refractivity contribution in [1.29, 1.82) is 0 Å². The fraction of sp³-hybridized carbons (Fsp3) is 0.0833. The number of hydrogen-bond donors (Lipinski definition) is 0. The zero-order valence-electron chi connectivity index (χ0n) is 16.9. The van der Waals surface area contributed by atoms with Gasteiger partial charge in [0.25, 0.3) is 5.91 Å². The van der Waals surface area contributed by atoms with Crippen molar-refractivity contribution in [3.8, 4) is 0 Å². The summed E-state index contributed by atoms with van der Waals surface area (Å²) < 4.78 is 1.99. The standard InChI is InChI=1S/C24H18N4OS2/c1-15-3-6-17(7-4-15)13-26-28(24-27-20-9-5-16(2)11-22(20)31-24)23(29)18-8-10-19-21(12-18)30-14-25-19/h3-14H,1-2H3/b26-13+. The van der Waals surface area contributed by atoms with Crippen LogP contribution in [0.25, 0.3) is 20.4 Å². The normalized spacial score (nSPS) is 11.5. The molecule has 2 heterocycles. The second-order valence-electron chi connectivity index (χ2n) is 7.27. The Morgan fingerprint density at radius 3 is 2.55 bits per heavy atom. The van der Waals surface area contributed by atoms with Crippen molar-refractivity contribution in [3.63, 3.8) is 0 Å². The summed E-state index contributed by atoms with van der Waals surface area (Å²) in [6.45, 7) is 4.08. The van der Waals surface area contributed by atoms with Gasteiger partial charge in [-0.15, -0.1) is 11.3 Å². The third-order valence-electron chi connectivity index (χ3n) is 4.88. The van der Waals surface area contributed by atoms with Crippen LogP contribution in [0.3, 0.4) is 0 Å². The first-order chi connectivity index (χ1) is 15.1. The fourth-order valence-corrected chi connectivity index (χ4v) is 4.92. The third kappa shape index (κ3) is 3.97. The molecule has 1 amide bonds. The van der Waals surface area contributed by atoms with Crippen LogP contribution in [0.2, 0.25) is 0 Å². The number of aryl methyl sites for hydroxylation is 2. The van der Waals surface area contributed by atoms with Crippen molar-refractivity contribution in [2.75, 3.05) is 5.01 Å². The van der Waals surface area contributed by atoms with Gasteiger partial charge >= 0.3 is 0 Å². The van der Waals surface area contributed by atoms with E-state index >= 15 is 0 Å². The number of fused-ring (bicyclic) bond motifs is 2. The summed E-state index contributed by atoms with van der Waals surface area (Å²) in [4.78, 5) is 22.5. The van der Waals surface area contributed by atoms with Gasteiger partial charge in [0.05, 0.1) is 32.2 Å². The molecule has 2 aromatic heterocycles. The molecule has 5 aromatic rings. The van der Waals surface area contributed by atoms with Crippen molar-refractivity contribution in [2.45, 2.75) is 13.8 Å². The first-order valence-electron chi connectivity index (χ1n) is 9.72. The quantitative estimate of drug-likeness (QED) is 0.246. The number of carbonyl (C=O) groups excluding carboxylic acids is 1. The molecule has 0 aliphatic carbocycles. The summed E-state index contributed by atoms with van der Waals surface area (Å²) in [5.74, 6) is -0.227. The molecule has 0 bridgehead atoms. The van der Waals surface area contributed by atoms with Crippen molar-refractivity contribution in [3.05, 3.63) is 88.4 Å². The van der Waals surface area contributed by atoms with E-state index in [-0.39, 0.29) is 5.91 Å². The molecule has 31 heavy (non-hydrogen) atoms. The summed E-state index contributed by atoms with van der Waals surface area (Å²) in [5, 5.41) is 6.48. The molecule has 152 valence electrons. The number of hydrogen-bond acceptors (Lipinski definition) is 6. The summed E-state index contributed by atoms with van der Waals surface area (Å²) in [6, 6.07) is 19.6. The highest BCUT2D eigenvalue weighted by Crippen LogP contribution is 2.31. The number of amides is 1. The van der Waals surface area contributed by atoms with Crippen molar-refractivity contribution in [1.82, 2.24) is 9.97 Å².